The SMILES string of the molecule is N#Cc1cc(Br)ccc1NC(=O)c1ccc(NN)cc1. The Morgan fingerprint density at radius 2 is 1.90 bits per heavy atom. The van der Waals surface area contributed by atoms with E-state index in [1.165, 1.54) is 0 Å². The Hall–Kier alpha value is -2.36. The van der Waals surface area contributed by atoms with Crippen molar-refractivity contribution in [3.05, 3.63) is 58.1 Å². The third kappa shape index (κ3) is 3.15. The minimum absolute atomic E-state index is 0.285. The first-order chi connectivity index (χ1) is 9.63. The van der Waals surface area contributed by atoms with Gasteiger partial charge in [-0.05, 0) is 42.5 Å². The van der Waals surface area contributed by atoms with Gasteiger partial charge < -0.3 is 10.7 Å². The van der Waals surface area contributed by atoms with Gasteiger partial charge >= 0.3 is 0 Å². The molecular formula is C14H11BrN4O. The molecule has 0 heterocycles. The predicted molar refractivity (Wildman–Crippen MR) is 81.1 cm³/mol. The molecule has 0 saturated carbocycles. The number of nitrogens with zero attached hydrogens (tertiary/aromatic N) is 1. The average molecular weight is 331 g/mol. The zero-order chi connectivity index (χ0) is 14.5. The van der Waals surface area contributed by atoms with Gasteiger partial charge in [-0.15, -0.1) is 0 Å². The lowest BCUT2D eigenvalue weighted by molar-refractivity contribution is 0.102. The topological polar surface area (TPSA) is 90.9 Å². The summed E-state index contributed by atoms with van der Waals surface area (Å²) in [6.45, 7) is 0. The molecule has 100 valence electrons. The Bertz CT molecular complexity index is 677. The first-order valence-corrected chi connectivity index (χ1v) is 6.51. The van der Waals surface area contributed by atoms with Crippen molar-refractivity contribution in [3.63, 3.8) is 0 Å². The third-order valence-corrected chi connectivity index (χ3v) is 3.16. The number of nitrogens with one attached hydrogen (secondary N) is 2. The number of hydrogen-bond donors (Lipinski definition) is 3. The summed E-state index contributed by atoms with van der Waals surface area (Å²) in [7, 11) is 0. The molecule has 0 unspecified atom stereocenters. The van der Waals surface area contributed by atoms with Crippen LogP contribution in [-0.4, -0.2) is 5.91 Å². The Morgan fingerprint density at radius 1 is 1.20 bits per heavy atom. The maximum Gasteiger partial charge on any atom is 0.255 e. The van der Waals surface area contributed by atoms with E-state index >= 15 is 0 Å². The summed E-state index contributed by atoms with van der Waals surface area (Å²) in [6, 6.07) is 13.8. The van der Waals surface area contributed by atoms with Crippen LogP contribution in [0.5, 0.6) is 0 Å². The van der Waals surface area contributed by atoms with E-state index in [0.29, 0.717) is 22.5 Å². The number of hydrazine groups is 1. The molecule has 0 spiro atoms. The van der Waals surface area contributed by atoms with Crippen molar-refractivity contribution in [2.24, 2.45) is 5.84 Å². The van der Waals surface area contributed by atoms with E-state index in [0.717, 1.165) is 4.47 Å². The molecule has 0 aromatic heterocycles. The highest BCUT2D eigenvalue weighted by atomic mass is 79.9. The van der Waals surface area contributed by atoms with Gasteiger partial charge in [-0.25, -0.2) is 0 Å². The molecule has 4 N–H and O–H groups in total. The van der Waals surface area contributed by atoms with Gasteiger partial charge in [0.15, 0.2) is 0 Å². The fourth-order valence-electron chi connectivity index (χ4n) is 1.63. The summed E-state index contributed by atoms with van der Waals surface area (Å²) in [5, 5.41) is 11.8. The van der Waals surface area contributed by atoms with E-state index in [1.807, 2.05) is 6.07 Å². The Morgan fingerprint density at radius 3 is 2.50 bits per heavy atom. The predicted octanol–water partition coefficient (Wildman–Crippen LogP) is 2.86. The monoisotopic (exact) mass is 330 g/mol. The number of amides is 1. The highest BCUT2D eigenvalue weighted by Gasteiger charge is 2.09. The molecule has 0 aliphatic heterocycles. The highest BCUT2D eigenvalue weighted by molar-refractivity contribution is 9.10. The highest BCUT2D eigenvalue weighted by Crippen LogP contribution is 2.21. The van der Waals surface area contributed by atoms with Crippen molar-refractivity contribution >= 4 is 33.2 Å². The molecule has 20 heavy (non-hydrogen) atoms. The second-order valence-electron chi connectivity index (χ2n) is 3.98. The van der Waals surface area contributed by atoms with E-state index in [1.54, 1.807) is 42.5 Å². The van der Waals surface area contributed by atoms with Crippen LogP contribution in [0.4, 0.5) is 11.4 Å². The lowest BCUT2D eigenvalue weighted by Gasteiger charge is -2.08. The van der Waals surface area contributed by atoms with Gasteiger partial charge in [-0.2, -0.15) is 5.26 Å². The van der Waals surface area contributed by atoms with Crippen molar-refractivity contribution in [2.75, 3.05) is 10.7 Å². The molecule has 2 aromatic carbocycles. The molecule has 0 bridgehead atoms. The maximum absolute atomic E-state index is 12.1. The zero-order valence-electron chi connectivity index (χ0n) is 10.4. The van der Waals surface area contributed by atoms with Crippen molar-refractivity contribution in [1.29, 1.82) is 5.26 Å². The number of carbonyl (C=O) groups is 1. The maximum atomic E-state index is 12.1. The van der Waals surface area contributed by atoms with Crippen molar-refractivity contribution in [3.8, 4) is 6.07 Å². The summed E-state index contributed by atoms with van der Waals surface area (Å²) >= 11 is 3.28. The second-order valence-corrected chi connectivity index (χ2v) is 4.89. The summed E-state index contributed by atoms with van der Waals surface area (Å²) < 4.78 is 0.783. The summed E-state index contributed by atoms with van der Waals surface area (Å²) in [4.78, 5) is 12.1. The molecule has 2 rings (SSSR count). The number of halogens is 1. The summed E-state index contributed by atoms with van der Waals surface area (Å²) in [5.41, 5.74) is 4.55. The van der Waals surface area contributed by atoms with Crippen LogP contribution in [0.3, 0.4) is 0 Å². The van der Waals surface area contributed by atoms with Gasteiger partial charge in [-0.1, -0.05) is 15.9 Å². The number of nitrogen functional groups attached to an aromatic ring is 1. The minimum Gasteiger partial charge on any atom is -0.324 e. The number of rotatable bonds is 3. The number of anilines is 2. The van der Waals surface area contributed by atoms with Gasteiger partial charge in [0.25, 0.3) is 5.91 Å². The quantitative estimate of drug-likeness (QED) is 0.596. The van der Waals surface area contributed by atoms with Gasteiger partial charge in [0.1, 0.15) is 6.07 Å². The molecule has 0 radical (unpaired) electrons. The summed E-state index contributed by atoms with van der Waals surface area (Å²) in [6.07, 6.45) is 0. The van der Waals surface area contributed by atoms with Crippen LogP contribution in [0.1, 0.15) is 15.9 Å². The van der Waals surface area contributed by atoms with Gasteiger partial charge in [-0.3, -0.25) is 10.6 Å². The van der Waals surface area contributed by atoms with Crippen LogP contribution in [0.25, 0.3) is 0 Å². The lowest BCUT2D eigenvalue weighted by Crippen LogP contribution is -2.13. The van der Waals surface area contributed by atoms with Crippen LogP contribution < -0.4 is 16.6 Å². The zero-order valence-corrected chi connectivity index (χ0v) is 11.9. The van der Waals surface area contributed by atoms with Crippen LogP contribution in [0, 0.1) is 11.3 Å². The van der Waals surface area contributed by atoms with Gasteiger partial charge in [0.2, 0.25) is 0 Å². The molecule has 1 amide bonds. The van der Waals surface area contributed by atoms with Crippen LogP contribution in [-0.2, 0) is 0 Å². The lowest BCUT2D eigenvalue weighted by atomic mass is 10.1. The van der Waals surface area contributed by atoms with Crippen molar-refractivity contribution in [2.45, 2.75) is 0 Å². The largest absolute Gasteiger partial charge is 0.324 e. The van der Waals surface area contributed by atoms with Crippen LogP contribution >= 0.6 is 15.9 Å². The molecule has 2 aromatic rings. The van der Waals surface area contributed by atoms with E-state index in [2.05, 4.69) is 26.7 Å². The Balaban J connectivity index is 2.21. The van der Waals surface area contributed by atoms with Gasteiger partial charge in [0.05, 0.1) is 11.3 Å². The van der Waals surface area contributed by atoms with E-state index < -0.39 is 0 Å². The molecule has 0 fully saturated rings. The first-order valence-electron chi connectivity index (χ1n) is 5.71. The number of nitriles is 1. The Kier molecular flexibility index (Phi) is 4.35. The molecule has 5 nitrogen and oxygen atoms in total. The molecule has 0 saturated heterocycles. The Labute approximate surface area is 124 Å². The fourth-order valence-corrected chi connectivity index (χ4v) is 1.99. The molecule has 0 aliphatic rings. The average Bonchev–Trinajstić information content (AvgIpc) is 2.49. The van der Waals surface area contributed by atoms with E-state index in [-0.39, 0.29) is 5.91 Å². The standard InChI is InChI=1S/C14H11BrN4O/c15-11-3-6-13(10(7-11)8-16)18-14(20)9-1-4-12(19-17)5-2-9/h1-7,19H,17H2,(H,18,20). The van der Waals surface area contributed by atoms with E-state index in [9.17, 15) is 4.79 Å². The first kappa shape index (κ1) is 14.1. The molecule has 0 aliphatic carbocycles. The van der Waals surface area contributed by atoms with Crippen LogP contribution in [0.15, 0.2) is 46.9 Å². The summed E-state index contributed by atoms with van der Waals surface area (Å²) in [5.74, 6) is 4.98. The third-order valence-electron chi connectivity index (χ3n) is 2.66. The van der Waals surface area contributed by atoms with Gasteiger partial charge in [0, 0.05) is 15.7 Å². The van der Waals surface area contributed by atoms with Crippen molar-refractivity contribution < 1.29 is 4.79 Å². The second kappa shape index (κ2) is 6.19. The number of hydrogen-bond acceptors (Lipinski definition) is 4. The molecule has 0 atom stereocenters. The van der Waals surface area contributed by atoms with E-state index in [4.69, 9.17) is 11.1 Å². The molecular weight excluding hydrogens is 320 g/mol. The normalized spacial score (nSPS) is 9.65. The number of nitrogens with two attached hydrogens (primary N) is 1. The number of carbonyl (C=O) groups excluding carboxylic acids is 1. The smallest absolute Gasteiger partial charge is 0.255 e. The van der Waals surface area contributed by atoms with Crippen molar-refractivity contribution in [1.82, 2.24) is 0 Å². The number of benzene rings is 2. The fraction of sp³-hybridized carbons (Fsp3) is 0. The molecule has 6 heteroatoms. The van der Waals surface area contributed by atoms with Crippen LogP contribution in [0.2, 0.25) is 0 Å². The minimum atomic E-state index is -0.285.